The van der Waals surface area contributed by atoms with Crippen LogP contribution in [0.25, 0.3) is 0 Å². The minimum absolute atomic E-state index is 0.264. The molecule has 2 rings (SSSR count). The Labute approximate surface area is 127 Å². The van der Waals surface area contributed by atoms with Crippen LogP contribution in [0.3, 0.4) is 0 Å². The van der Waals surface area contributed by atoms with E-state index in [0.29, 0.717) is 17.0 Å². The average molecular weight is 297 g/mol. The smallest absolute Gasteiger partial charge is 0.221 e. The fourth-order valence-electron chi connectivity index (χ4n) is 2.72. The van der Waals surface area contributed by atoms with Crippen LogP contribution in [-0.2, 0) is 6.42 Å². The molecule has 1 fully saturated rings. The lowest BCUT2D eigenvalue weighted by atomic mass is 9.80. The van der Waals surface area contributed by atoms with Crippen LogP contribution in [-0.4, -0.2) is 16.1 Å². The summed E-state index contributed by atoms with van der Waals surface area (Å²) in [7, 11) is 0. The van der Waals surface area contributed by atoms with Gasteiger partial charge in [0.15, 0.2) is 0 Å². The maximum absolute atomic E-state index is 6.19. The summed E-state index contributed by atoms with van der Waals surface area (Å²) in [5.41, 5.74) is 0.859. The van der Waals surface area contributed by atoms with E-state index in [0.717, 1.165) is 43.0 Å². The van der Waals surface area contributed by atoms with E-state index in [1.54, 1.807) is 0 Å². The molecule has 0 radical (unpaired) electrons. The fraction of sp³-hybridized carbons (Fsp3) is 0.750. The SMILES string of the molecule is CCCc1nc(Cl)c(C)c(OC2CCC(C)C(C)C2)n1. The van der Waals surface area contributed by atoms with Gasteiger partial charge in [0, 0.05) is 12.0 Å². The van der Waals surface area contributed by atoms with Gasteiger partial charge in [-0.15, -0.1) is 0 Å². The van der Waals surface area contributed by atoms with Crippen molar-refractivity contribution in [3.63, 3.8) is 0 Å². The van der Waals surface area contributed by atoms with Gasteiger partial charge in [0.1, 0.15) is 17.1 Å². The summed E-state index contributed by atoms with van der Waals surface area (Å²) in [6.45, 7) is 8.68. The molecule has 1 aliphatic carbocycles. The fourth-order valence-corrected chi connectivity index (χ4v) is 2.90. The third kappa shape index (κ3) is 3.63. The predicted octanol–water partition coefficient (Wildman–Crippen LogP) is 4.59. The second kappa shape index (κ2) is 6.75. The monoisotopic (exact) mass is 296 g/mol. The Balaban J connectivity index is 2.12. The van der Waals surface area contributed by atoms with Gasteiger partial charge in [-0.1, -0.05) is 32.4 Å². The first-order valence-electron chi connectivity index (χ1n) is 7.70. The van der Waals surface area contributed by atoms with Crippen LogP contribution in [0.4, 0.5) is 0 Å². The normalized spacial score (nSPS) is 26.6. The Hall–Kier alpha value is -0.830. The second-order valence-electron chi connectivity index (χ2n) is 6.12. The van der Waals surface area contributed by atoms with E-state index in [4.69, 9.17) is 16.3 Å². The van der Waals surface area contributed by atoms with Gasteiger partial charge < -0.3 is 4.74 Å². The number of aryl methyl sites for hydroxylation is 1. The van der Waals surface area contributed by atoms with E-state index in [2.05, 4.69) is 30.7 Å². The van der Waals surface area contributed by atoms with Gasteiger partial charge in [0.25, 0.3) is 0 Å². The van der Waals surface area contributed by atoms with Gasteiger partial charge in [-0.3, -0.25) is 0 Å². The Bertz CT molecular complexity index is 464. The molecule has 0 aromatic carbocycles. The topological polar surface area (TPSA) is 35.0 Å². The molecule has 1 aromatic rings. The van der Waals surface area contributed by atoms with E-state index in [9.17, 15) is 0 Å². The van der Waals surface area contributed by atoms with Crippen molar-refractivity contribution in [3.05, 3.63) is 16.5 Å². The molecule has 112 valence electrons. The number of nitrogens with zero attached hydrogens (tertiary/aromatic N) is 2. The quantitative estimate of drug-likeness (QED) is 0.762. The van der Waals surface area contributed by atoms with Gasteiger partial charge in [-0.05, 0) is 44.4 Å². The van der Waals surface area contributed by atoms with Crippen molar-refractivity contribution in [3.8, 4) is 5.88 Å². The molecule has 0 aliphatic heterocycles. The average Bonchev–Trinajstić information content (AvgIpc) is 2.40. The highest BCUT2D eigenvalue weighted by Crippen LogP contribution is 2.33. The van der Waals surface area contributed by atoms with Crippen LogP contribution in [0, 0.1) is 18.8 Å². The summed E-state index contributed by atoms with van der Waals surface area (Å²) in [6.07, 6.45) is 5.55. The standard InChI is InChI=1S/C16H25ClN2O/c1-5-6-14-18-15(17)12(4)16(19-14)20-13-8-7-10(2)11(3)9-13/h10-11,13H,5-9H2,1-4H3. The summed E-state index contributed by atoms with van der Waals surface area (Å²) >= 11 is 6.19. The highest BCUT2D eigenvalue weighted by Gasteiger charge is 2.26. The molecule has 3 atom stereocenters. The maximum Gasteiger partial charge on any atom is 0.221 e. The summed E-state index contributed by atoms with van der Waals surface area (Å²) in [5.74, 6) is 2.97. The van der Waals surface area contributed by atoms with Gasteiger partial charge in [0.2, 0.25) is 5.88 Å². The third-order valence-electron chi connectivity index (χ3n) is 4.39. The summed E-state index contributed by atoms with van der Waals surface area (Å²) in [6, 6.07) is 0. The molecule has 0 amide bonds. The summed E-state index contributed by atoms with van der Waals surface area (Å²) < 4.78 is 6.14. The van der Waals surface area contributed by atoms with Crippen LogP contribution in [0.5, 0.6) is 5.88 Å². The second-order valence-corrected chi connectivity index (χ2v) is 6.48. The highest BCUT2D eigenvalue weighted by atomic mass is 35.5. The lowest BCUT2D eigenvalue weighted by molar-refractivity contribution is 0.0954. The molecule has 0 spiro atoms. The van der Waals surface area contributed by atoms with Crippen LogP contribution in [0.2, 0.25) is 5.15 Å². The number of halogens is 1. The molecule has 0 saturated heterocycles. The van der Waals surface area contributed by atoms with Crippen LogP contribution in [0.1, 0.15) is 57.8 Å². The zero-order valence-corrected chi connectivity index (χ0v) is 13.7. The summed E-state index contributed by atoms with van der Waals surface area (Å²) in [5, 5.41) is 0.524. The Morgan fingerprint density at radius 1 is 1.20 bits per heavy atom. The Kier molecular flexibility index (Phi) is 5.25. The first kappa shape index (κ1) is 15.6. The molecular weight excluding hydrogens is 272 g/mol. The van der Waals surface area contributed by atoms with E-state index in [-0.39, 0.29) is 6.10 Å². The molecule has 0 N–H and O–H groups in total. The van der Waals surface area contributed by atoms with Crippen LogP contribution in [0.15, 0.2) is 0 Å². The third-order valence-corrected chi connectivity index (χ3v) is 4.76. The lowest BCUT2D eigenvalue weighted by Crippen LogP contribution is -2.29. The van der Waals surface area contributed by atoms with Crippen LogP contribution >= 0.6 is 11.6 Å². The van der Waals surface area contributed by atoms with Crippen molar-refractivity contribution in [1.82, 2.24) is 9.97 Å². The van der Waals surface area contributed by atoms with Crippen LogP contribution < -0.4 is 4.74 Å². The molecule has 1 aliphatic rings. The van der Waals surface area contributed by atoms with Gasteiger partial charge in [-0.2, -0.15) is 4.98 Å². The van der Waals surface area contributed by atoms with E-state index in [1.165, 1.54) is 6.42 Å². The zero-order valence-electron chi connectivity index (χ0n) is 12.9. The number of rotatable bonds is 4. The Morgan fingerprint density at radius 2 is 1.95 bits per heavy atom. The van der Waals surface area contributed by atoms with Gasteiger partial charge in [0.05, 0.1) is 0 Å². The predicted molar refractivity (Wildman–Crippen MR) is 82.4 cm³/mol. The largest absolute Gasteiger partial charge is 0.474 e. The van der Waals surface area contributed by atoms with Crippen molar-refractivity contribution in [2.45, 2.75) is 65.9 Å². The number of hydrogen-bond acceptors (Lipinski definition) is 3. The molecule has 1 saturated carbocycles. The van der Waals surface area contributed by atoms with Crippen molar-refractivity contribution in [2.75, 3.05) is 0 Å². The lowest BCUT2D eigenvalue weighted by Gasteiger charge is -2.32. The maximum atomic E-state index is 6.19. The Morgan fingerprint density at radius 3 is 2.60 bits per heavy atom. The molecular formula is C16H25ClN2O. The molecule has 0 bridgehead atoms. The van der Waals surface area contributed by atoms with E-state index < -0.39 is 0 Å². The minimum Gasteiger partial charge on any atom is -0.474 e. The van der Waals surface area contributed by atoms with E-state index >= 15 is 0 Å². The van der Waals surface area contributed by atoms with Gasteiger partial charge in [-0.25, -0.2) is 4.98 Å². The number of ether oxygens (including phenoxy) is 1. The van der Waals surface area contributed by atoms with Crippen molar-refractivity contribution in [1.29, 1.82) is 0 Å². The molecule has 3 nitrogen and oxygen atoms in total. The molecule has 1 aromatic heterocycles. The van der Waals surface area contributed by atoms with Gasteiger partial charge >= 0.3 is 0 Å². The molecule has 3 unspecified atom stereocenters. The number of hydrogen-bond donors (Lipinski definition) is 0. The van der Waals surface area contributed by atoms with Crippen molar-refractivity contribution >= 4 is 11.6 Å². The summed E-state index contributed by atoms with van der Waals surface area (Å²) in [4.78, 5) is 8.86. The molecule has 4 heteroatoms. The minimum atomic E-state index is 0.264. The molecule has 1 heterocycles. The first-order chi connectivity index (χ1) is 9.51. The zero-order chi connectivity index (χ0) is 14.7. The van der Waals surface area contributed by atoms with E-state index in [1.807, 2.05) is 6.92 Å². The van der Waals surface area contributed by atoms with Crippen molar-refractivity contribution < 1.29 is 4.74 Å². The molecule has 20 heavy (non-hydrogen) atoms. The highest BCUT2D eigenvalue weighted by molar-refractivity contribution is 6.30. The first-order valence-corrected chi connectivity index (χ1v) is 8.08. The van der Waals surface area contributed by atoms with Crippen molar-refractivity contribution in [2.24, 2.45) is 11.8 Å². The number of aromatic nitrogens is 2.